The van der Waals surface area contributed by atoms with Crippen molar-refractivity contribution in [1.82, 2.24) is 44.6 Å². The van der Waals surface area contributed by atoms with E-state index in [0.717, 1.165) is 17.1 Å². The van der Waals surface area contributed by atoms with Crippen LogP contribution in [0.2, 0.25) is 0 Å². The number of hydrogen-bond acceptors (Lipinski definition) is 9. The molecule has 6 rings (SSSR count). The maximum Gasteiger partial charge on any atom is 0.295 e. The van der Waals surface area contributed by atoms with E-state index in [-0.39, 0.29) is 5.56 Å². The highest BCUT2D eigenvalue weighted by molar-refractivity contribution is 6.45. The van der Waals surface area contributed by atoms with Gasteiger partial charge in [0.1, 0.15) is 23.6 Å². The molecule has 5 heterocycles. The molecule has 1 aliphatic rings. The van der Waals surface area contributed by atoms with Crippen molar-refractivity contribution >= 4 is 28.4 Å². The first-order valence-corrected chi connectivity index (χ1v) is 12.4. The van der Waals surface area contributed by atoms with Crippen molar-refractivity contribution in [2.45, 2.75) is 6.92 Å². The lowest BCUT2D eigenvalue weighted by Gasteiger charge is -2.34. The van der Waals surface area contributed by atoms with Gasteiger partial charge < -0.3 is 19.5 Å². The predicted octanol–water partition coefficient (Wildman–Crippen LogP) is 1.79. The summed E-state index contributed by atoms with van der Waals surface area (Å²) in [7, 11) is 3.28. The van der Waals surface area contributed by atoms with Crippen LogP contribution in [0.5, 0.6) is 5.75 Å². The predicted molar refractivity (Wildman–Crippen MR) is 142 cm³/mol. The minimum atomic E-state index is -0.621. The second kappa shape index (κ2) is 9.67. The number of rotatable bonds is 6. The van der Waals surface area contributed by atoms with Crippen LogP contribution in [0, 0.1) is 6.92 Å². The number of nitrogens with one attached hydrogen (secondary N) is 1. The zero-order valence-corrected chi connectivity index (χ0v) is 21.7. The molecule has 39 heavy (non-hydrogen) atoms. The summed E-state index contributed by atoms with van der Waals surface area (Å²) < 4.78 is 7.00. The average Bonchev–Trinajstić information content (AvgIpc) is 3.71. The lowest BCUT2D eigenvalue weighted by molar-refractivity contribution is -0.126. The molecule has 13 nitrogen and oxygen atoms in total. The smallest absolute Gasteiger partial charge is 0.295 e. The average molecular weight is 527 g/mol. The Labute approximate surface area is 223 Å². The van der Waals surface area contributed by atoms with Gasteiger partial charge in [-0.25, -0.2) is 14.6 Å². The Morgan fingerprint density at radius 1 is 0.974 bits per heavy atom. The van der Waals surface area contributed by atoms with Crippen molar-refractivity contribution in [1.29, 1.82) is 0 Å². The minimum Gasteiger partial charge on any atom is -0.494 e. The Morgan fingerprint density at radius 2 is 1.74 bits per heavy atom. The molecule has 0 spiro atoms. The van der Waals surface area contributed by atoms with Crippen LogP contribution < -0.4 is 9.64 Å². The highest BCUT2D eigenvalue weighted by Gasteiger charge is 2.31. The van der Waals surface area contributed by atoms with Gasteiger partial charge >= 0.3 is 0 Å². The number of fused-ring (bicyclic) bond motifs is 1. The topological polar surface area (TPSA) is 140 Å². The molecule has 1 amide bonds. The molecule has 1 fully saturated rings. The van der Waals surface area contributed by atoms with E-state index in [1.165, 1.54) is 30.5 Å². The number of hydrogen-bond donors (Lipinski definition) is 1. The number of aromatic nitrogens is 8. The summed E-state index contributed by atoms with van der Waals surface area (Å²) in [5.41, 5.74) is 2.50. The fraction of sp³-hybridized carbons (Fsp3) is 0.269. The number of methoxy groups -OCH3 is 1. The second-order valence-corrected chi connectivity index (χ2v) is 9.17. The highest BCUT2D eigenvalue weighted by atomic mass is 16.5. The molecule has 13 heteroatoms. The maximum atomic E-state index is 13.5. The third-order valence-corrected chi connectivity index (χ3v) is 6.75. The first kappa shape index (κ1) is 24.3. The summed E-state index contributed by atoms with van der Waals surface area (Å²) in [4.78, 5) is 43.7. The third-order valence-electron chi connectivity index (χ3n) is 6.75. The van der Waals surface area contributed by atoms with E-state index in [1.54, 1.807) is 23.7 Å². The number of aryl methyl sites for hydroxylation is 2. The van der Waals surface area contributed by atoms with Crippen LogP contribution in [-0.4, -0.2) is 89.6 Å². The molecule has 0 aliphatic carbocycles. The van der Waals surface area contributed by atoms with Gasteiger partial charge in [0, 0.05) is 45.0 Å². The molecule has 1 N–H and O–H groups in total. The molecule has 0 unspecified atom stereocenters. The van der Waals surface area contributed by atoms with Gasteiger partial charge in [-0.3, -0.25) is 9.59 Å². The van der Waals surface area contributed by atoms with Crippen LogP contribution in [0.15, 0.2) is 49.1 Å². The number of pyridine rings is 1. The summed E-state index contributed by atoms with van der Waals surface area (Å²) in [6.45, 7) is 3.56. The van der Waals surface area contributed by atoms with Gasteiger partial charge in [0.25, 0.3) is 11.7 Å². The summed E-state index contributed by atoms with van der Waals surface area (Å²) in [6.07, 6.45) is 4.56. The number of nitrogens with zero attached hydrogens (tertiary/aromatic N) is 9. The summed E-state index contributed by atoms with van der Waals surface area (Å²) >= 11 is 0. The summed E-state index contributed by atoms with van der Waals surface area (Å²) in [6, 6.07) is 9.86. The Hall–Kier alpha value is -5.07. The zero-order valence-electron chi connectivity index (χ0n) is 21.7. The number of benzene rings is 1. The molecular formula is C26H26N10O3. The molecule has 0 radical (unpaired) electrons. The van der Waals surface area contributed by atoms with E-state index in [0.29, 0.717) is 54.5 Å². The second-order valence-electron chi connectivity index (χ2n) is 9.17. The standard InChI is InChI=1S/C26H26N10O3/c1-16-29-15-36(30-16)24-22-20(19(39-3)14-28-24)18(13-27-22)23(37)26(38)35-11-9-34(10-12-35)25-21(31-33(2)32-25)17-7-5-4-6-8-17/h4-8,13-15,27H,9-12H2,1-3H3. The molecule has 198 valence electrons. The van der Waals surface area contributed by atoms with Crippen LogP contribution in [0.25, 0.3) is 28.0 Å². The Balaban J connectivity index is 1.23. The lowest BCUT2D eigenvalue weighted by atomic mass is 10.1. The number of carbonyl (C=O) groups excluding carboxylic acids is 2. The number of H-pyrrole nitrogens is 1. The molecule has 0 saturated carbocycles. The van der Waals surface area contributed by atoms with E-state index in [1.807, 2.05) is 30.3 Å². The van der Waals surface area contributed by atoms with Crippen molar-refractivity contribution in [3.63, 3.8) is 0 Å². The van der Waals surface area contributed by atoms with Crippen LogP contribution >= 0.6 is 0 Å². The largest absolute Gasteiger partial charge is 0.494 e. The first-order valence-electron chi connectivity index (χ1n) is 12.4. The number of piperazine rings is 1. The molecule has 0 bridgehead atoms. The number of aromatic amines is 1. The monoisotopic (exact) mass is 526 g/mol. The highest BCUT2D eigenvalue weighted by Crippen LogP contribution is 2.32. The lowest BCUT2D eigenvalue weighted by Crippen LogP contribution is -2.50. The normalized spacial score (nSPS) is 13.7. The molecule has 4 aromatic heterocycles. The van der Waals surface area contributed by atoms with Gasteiger partial charge in [0.15, 0.2) is 11.6 Å². The maximum absolute atomic E-state index is 13.5. The van der Waals surface area contributed by atoms with Crippen molar-refractivity contribution in [2.75, 3.05) is 38.2 Å². The first-order chi connectivity index (χ1) is 18.9. The van der Waals surface area contributed by atoms with Crippen molar-refractivity contribution in [3.8, 4) is 22.8 Å². The van der Waals surface area contributed by atoms with Crippen LogP contribution in [0.4, 0.5) is 5.82 Å². The Bertz CT molecular complexity index is 1680. The number of anilines is 1. The Kier molecular flexibility index (Phi) is 6.02. The number of carbonyl (C=O) groups is 2. The van der Waals surface area contributed by atoms with Gasteiger partial charge in [-0.15, -0.1) is 5.10 Å². The fourth-order valence-electron chi connectivity index (χ4n) is 4.83. The van der Waals surface area contributed by atoms with Gasteiger partial charge in [-0.2, -0.15) is 15.0 Å². The summed E-state index contributed by atoms with van der Waals surface area (Å²) in [5, 5.41) is 13.9. The van der Waals surface area contributed by atoms with Gasteiger partial charge in [0.2, 0.25) is 0 Å². The van der Waals surface area contributed by atoms with E-state index < -0.39 is 11.7 Å². The van der Waals surface area contributed by atoms with Crippen LogP contribution in [-0.2, 0) is 11.8 Å². The molecule has 1 aromatic carbocycles. The van der Waals surface area contributed by atoms with E-state index in [2.05, 4.69) is 35.1 Å². The fourth-order valence-corrected chi connectivity index (χ4v) is 4.83. The number of ether oxygens (including phenoxy) is 1. The van der Waals surface area contributed by atoms with E-state index in [4.69, 9.17) is 4.74 Å². The number of Topliss-reactive ketones (excluding diaryl/α,β-unsaturated/α-hetero) is 1. The van der Waals surface area contributed by atoms with Crippen molar-refractivity contribution in [3.05, 3.63) is 60.4 Å². The van der Waals surface area contributed by atoms with Gasteiger partial charge in [0.05, 0.1) is 29.8 Å². The third kappa shape index (κ3) is 4.27. The Morgan fingerprint density at radius 3 is 2.44 bits per heavy atom. The zero-order chi connectivity index (χ0) is 27.1. The van der Waals surface area contributed by atoms with Crippen LogP contribution in [0.1, 0.15) is 16.2 Å². The number of amides is 1. The molecular weight excluding hydrogens is 500 g/mol. The quantitative estimate of drug-likeness (QED) is 0.259. The van der Waals surface area contributed by atoms with Gasteiger partial charge in [-0.05, 0) is 6.92 Å². The molecule has 1 aliphatic heterocycles. The number of ketones is 1. The van der Waals surface area contributed by atoms with E-state index in [9.17, 15) is 9.59 Å². The van der Waals surface area contributed by atoms with Crippen LogP contribution in [0.3, 0.4) is 0 Å². The minimum absolute atomic E-state index is 0.218. The van der Waals surface area contributed by atoms with E-state index >= 15 is 0 Å². The summed E-state index contributed by atoms with van der Waals surface area (Å²) in [5.74, 6) is 0.968. The molecule has 5 aromatic rings. The molecule has 0 atom stereocenters. The SMILES string of the molecule is COc1cnc(-n2cnc(C)n2)c2[nH]cc(C(=O)C(=O)N3CCN(c4nn(C)nc4-c4ccccc4)CC3)c12. The molecule has 1 saturated heterocycles. The van der Waals surface area contributed by atoms with Crippen molar-refractivity contribution < 1.29 is 14.3 Å². The van der Waals surface area contributed by atoms with Crippen molar-refractivity contribution in [2.24, 2.45) is 7.05 Å². The van der Waals surface area contributed by atoms with Gasteiger partial charge in [-0.1, -0.05) is 30.3 Å².